The van der Waals surface area contributed by atoms with Gasteiger partial charge in [0.05, 0.1) is 11.9 Å². The summed E-state index contributed by atoms with van der Waals surface area (Å²) in [6, 6.07) is 1.65. The Bertz CT molecular complexity index is 772. The molecule has 0 unspecified atom stereocenters. The summed E-state index contributed by atoms with van der Waals surface area (Å²) in [5.41, 5.74) is 4.49. The highest BCUT2D eigenvalue weighted by Crippen LogP contribution is 2.24. The van der Waals surface area contributed by atoms with E-state index in [0.717, 1.165) is 12.1 Å². The smallest absolute Gasteiger partial charge is 0.265 e. The number of rotatable bonds is 4. The Morgan fingerprint density at radius 1 is 1.33 bits per heavy atom. The van der Waals surface area contributed by atoms with Gasteiger partial charge in [0, 0.05) is 12.2 Å². The third kappa shape index (κ3) is 2.97. The van der Waals surface area contributed by atoms with Crippen LogP contribution >= 0.6 is 0 Å². The number of benzene rings is 1. The monoisotopic (exact) mass is 316 g/mol. The van der Waals surface area contributed by atoms with Crippen molar-refractivity contribution in [3.8, 4) is 0 Å². The van der Waals surface area contributed by atoms with Crippen molar-refractivity contribution < 1.29 is 17.2 Å². The fourth-order valence-corrected chi connectivity index (χ4v) is 2.76. The van der Waals surface area contributed by atoms with Crippen molar-refractivity contribution in [2.75, 3.05) is 10.5 Å². The minimum Gasteiger partial charge on any atom is -0.394 e. The van der Waals surface area contributed by atoms with E-state index in [1.807, 2.05) is 13.8 Å². The Kier molecular flexibility index (Phi) is 3.86. The van der Waals surface area contributed by atoms with E-state index in [9.17, 15) is 17.2 Å². The number of nitrogens with two attached hydrogens (primary N) is 1. The maximum absolute atomic E-state index is 13.8. The van der Waals surface area contributed by atoms with Crippen molar-refractivity contribution in [2.24, 2.45) is 0 Å². The first-order chi connectivity index (χ1) is 9.72. The fourth-order valence-electron chi connectivity index (χ4n) is 1.64. The van der Waals surface area contributed by atoms with Gasteiger partial charge >= 0.3 is 0 Å². The van der Waals surface area contributed by atoms with Crippen LogP contribution in [-0.4, -0.2) is 18.2 Å². The Morgan fingerprint density at radius 2 is 2.00 bits per heavy atom. The molecule has 9 heteroatoms. The number of hydrogen-bond donors (Lipinski definition) is 2. The molecule has 1 aromatic carbocycles. The number of nitrogens with one attached hydrogen (secondary N) is 1. The number of nitrogens with zero attached hydrogens (tertiary/aromatic N) is 2. The van der Waals surface area contributed by atoms with Crippen molar-refractivity contribution in [3.05, 3.63) is 36.2 Å². The zero-order chi connectivity index (χ0) is 15.8. The van der Waals surface area contributed by atoms with E-state index in [1.165, 1.54) is 17.1 Å². The second-order valence-electron chi connectivity index (χ2n) is 4.68. The highest BCUT2D eigenvalue weighted by Gasteiger charge is 2.23. The molecule has 0 aliphatic carbocycles. The quantitative estimate of drug-likeness (QED) is 0.846. The summed E-state index contributed by atoms with van der Waals surface area (Å²) in [5.74, 6) is -2.34. The van der Waals surface area contributed by atoms with Crippen LogP contribution in [0.4, 0.5) is 20.2 Å². The highest BCUT2D eigenvalue weighted by molar-refractivity contribution is 7.92. The van der Waals surface area contributed by atoms with Crippen LogP contribution in [0, 0.1) is 11.6 Å². The van der Waals surface area contributed by atoms with Crippen LogP contribution in [0.15, 0.2) is 29.4 Å². The van der Waals surface area contributed by atoms with Crippen LogP contribution in [0.1, 0.15) is 19.9 Å². The molecule has 2 aromatic rings. The molecule has 0 atom stereocenters. The lowest BCUT2D eigenvalue weighted by Gasteiger charge is -2.09. The van der Waals surface area contributed by atoms with Gasteiger partial charge in [0.1, 0.15) is 16.4 Å². The number of hydrogen-bond acceptors (Lipinski definition) is 4. The molecule has 0 radical (unpaired) electrons. The lowest BCUT2D eigenvalue weighted by Crippen LogP contribution is -2.15. The van der Waals surface area contributed by atoms with Crippen molar-refractivity contribution in [1.82, 2.24) is 9.78 Å². The summed E-state index contributed by atoms with van der Waals surface area (Å²) in [5, 5.41) is 3.96. The normalized spacial score (nSPS) is 11.9. The third-order valence-electron chi connectivity index (χ3n) is 2.76. The van der Waals surface area contributed by atoms with E-state index in [-0.39, 0.29) is 11.7 Å². The standard InChI is InChI=1S/C12H14F2N4O2S/c1-7(2)18-6-8(5-16-18)17-21(19,20)10-4-3-9(13)12(15)11(10)14/h3-7,17H,15H2,1-2H3. The number of anilines is 2. The van der Waals surface area contributed by atoms with Gasteiger partial charge in [0.2, 0.25) is 0 Å². The Balaban J connectivity index is 2.36. The van der Waals surface area contributed by atoms with E-state index in [1.54, 1.807) is 0 Å². The first kappa shape index (κ1) is 15.2. The summed E-state index contributed by atoms with van der Waals surface area (Å²) in [6.45, 7) is 3.73. The van der Waals surface area contributed by atoms with Crippen molar-refractivity contribution >= 4 is 21.4 Å². The number of halogens is 2. The van der Waals surface area contributed by atoms with Gasteiger partial charge in [-0.15, -0.1) is 0 Å². The van der Waals surface area contributed by atoms with Crippen LogP contribution in [0.25, 0.3) is 0 Å². The van der Waals surface area contributed by atoms with Gasteiger partial charge in [-0.05, 0) is 26.0 Å². The minimum absolute atomic E-state index is 0.0430. The molecule has 21 heavy (non-hydrogen) atoms. The fraction of sp³-hybridized carbons (Fsp3) is 0.250. The van der Waals surface area contributed by atoms with Gasteiger partial charge in [0.15, 0.2) is 5.82 Å². The second-order valence-corrected chi connectivity index (χ2v) is 6.33. The Labute approximate surface area is 120 Å². The molecule has 3 N–H and O–H groups in total. The zero-order valence-electron chi connectivity index (χ0n) is 11.3. The summed E-state index contributed by atoms with van der Waals surface area (Å²) in [7, 11) is -4.22. The van der Waals surface area contributed by atoms with Crippen LogP contribution < -0.4 is 10.5 Å². The van der Waals surface area contributed by atoms with Gasteiger partial charge < -0.3 is 5.73 Å². The predicted molar refractivity (Wildman–Crippen MR) is 74.2 cm³/mol. The molecule has 0 fully saturated rings. The first-order valence-corrected chi connectivity index (χ1v) is 7.51. The molecule has 0 spiro atoms. The lowest BCUT2D eigenvalue weighted by molar-refractivity contribution is 0.532. The van der Waals surface area contributed by atoms with Crippen LogP contribution in [0.2, 0.25) is 0 Å². The highest BCUT2D eigenvalue weighted by atomic mass is 32.2. The van der Waals surface area contributed by atoms with E-state index in [0.29, 0.717) is 0 Å². The lowest BCUT2D eigenvalue weighted by atomic mass is 10.3. The average molecular weight is 316 g/mol. The van der Waals surface area contributed by atoms with Gasteiger partial charge in [-0.25, -0.2) is 17.2 Å². The molecule has 0 saturated heterocycles. The van der Waals surface area contributed by atoms with Crippen LogP contribution in [0.3, 0.4) is 0 Å². The summed E-state index contributed by atoms with van der Waals surface area (Å²) < 4.78 is 54.8. The summed E-state index contributed by atoms with van der Waals surface area (Å²) in [4.78, 5) is -0.723. The molecule has 6 nitrogen and oxygen atoms in total. The molecule has 1 heterocycles. The molecular formula is C12H14F2N4O2S. The van der Waals surface area contributed by atoms with Crippen LogP contribution in [-0.2, 0) is 10.0 Å². The van der Waals surface area contributed by atoms with E-state index >= 15 is 0 Å². The van der Waals surface area contributed by atoms with Crippen molar-refractivity contribution in [1.29, 1.82) is 0 Å². The molecule has 0 aliphatic rings. The summed E-state index contributed by atoms with van der Waals surface area (Å²) >= 11 is 0. The van der Waals surface area contributed by atoms with Gasteiger partial charge in [-0.2, -0.15) is 5.10 Å². The van der Waals surface area contributed by atoms with Gasteiger partial charge in [-0.3, -0.25) is 9.40 Å². The van der Waals surface area contributed by atoms with Crippen LogP contribution in [0.5, 0.6) is 0 Å². The average Bonchev–Trinajstić information content (AvgIpc) is 2.83. The minimum atomic E-state index is -4.22. The predicted octanol–water partition coefficient (Wildman–Crippen LogP) is 2.13. The second kappa shape index (κ2) is 5.32. The maximum Gasteiger partial charge on any atom is 0.265 e. The molecular weight excluding hydrogens is 302 g/mol. The van der Waals surface area contributed by atoms with E-state index in [2.05, 4.69) is 9.82 Å². The molecule has 114 valence electrons. The first-order valence-electron chi connectivity index (χ1n) is 6.03. The van der Waals surface area contributed by atoms with Crippen molar-refractivity contribution in [3.63, 3.8) is 0 Å². The Hall–Kier alpha value is -2.16. The molecule has 0 amide bonds. The number of aromatic nitrogens is 2. The molecule has 2 rings (SSSR count). The SMILES string of the molecule is CC(C)n1cc(NS(=O)(=O)c2ccc(F)c(N)c2F)cn1. The number of sulfonamides is 1. The van der Waals surface area contributed by atoms with Gasteiger partial charge in [-0.1, -0.05) is 0 Å². The topological polar surface area (TPSA) is 90.0 Å². The van der Waals surface area contributed by atoms with E-state index < -0.39 is 32.2 Å². The number of nitrogen functional groups attached to an aromatic ring is 1. The van der Waals surface area contributed by atoms with E-state index in [4.69, 9.17) is 5.73 Å². The Morgan fingerprint density at radius 3 is 2.57 bits per heavy atom. The maximum atomic E-state index is 13.8. The van der Waals surface area contributed by atoms with Crippen molar-refractivity contribution in [2.45, 2.75) is 24.8 Å². The third-order valence-corrected chi connectivity index (χ3v) is 4.16. The molecule has 0 aliphatic heterocycles. The molecule has 1 aromatic heterocycles. The van der Waals surface area contributed by atoms with Gasteiger partial charge in [0.25, 0.3) is 10.0 Å². The zero-order valence-corrected chi connectivity index (χ0v) is 12.2. The molecule has 0 saturated carbocycles. The summed E-state index contributed by atoms with van der Waals surface area (Å²) in [6.07, 6.45) is 2.76. The largest absolute Gasteiger partial charge is 0.394 e. The molecule has 0 bridgehead atoms.